The van der Waals surface area contributed by atoms with Crippen LogP contribution in [0.2, 0.25) is 5.02 Å². The van der Waals surface area contributed by atoms with Gasteiger partial charge in [-0.1, -0.05) is 29.3 Å². The molecular weight excluding hydrogens is 444 g/mol. The first kappa shape index (κ1) is 21.9. The monoisotopic (exact) mass is 464 g/mol. The van der Waals surface area contributed by atoms with Gasteiger partial charge in [-0.05, 0) is 73.2 Å². The van der Waals surface area contributed by atoms with Gasteiger partial charge in [0.15, 0.2) is 5.11 Å². The Labute approximate surface area is 196 Å². The number of carbonyl (C=O) groups excluding carboxylic acids is 2. The van der Waals surface area contributed by atoms with Crippen molar-refractivity contribution in [2.75, 3.05) is 10.2 Å². The summed E-state index contributed by atoms with van der Waals surface area (Å²) in [6.07, 6.45) is 3.35. The second kappa shape index (κ2) is 9.46. The zero-order valence-corrected chi connectivity index (χ0v) is 18.9. The van der Waals surface area contributed by atoms with Crippen molar-refractivity contribution in [3.63, 3.8) is 0 Å². The Morgan fingerprint density at radius 2 is 1.72 bits per heavy atom. The summed E-state index contributed by atoms with van der Waals surface area (Å²) in [6.45, 7) is 2.37. The first-order valence-electron chi connectivity index (χ1n) is 10.1. The molecule has 2 amide bonds. The van der Waals surface area contributed by atoms with E-state index in [-0.39, 0.29) is 18.2 Å². The number of nitrogens with one attached hydrogen (secondary N) is 1. The minimum Gasteiger partial charge on any atom is -0.332 e. The van der Waals surface area contributed by atoms with Crippen molar-refractivity contribution in [2.24, 2.45) is 0 Å². The second-order valence-corrected chi connectivity index (χ2v) is 8.35. The molecule has 8 heteroatoms. The van der Waals surface area contributed by atoms with Gasteiger partial charge in [0.1, 0.15) is 6.04 Å². The predicted molar refractivity (Wildman–Crippen MR) is 130 cm³/mol. The third-order valence-electron chi connectivity index (χ3n) is 5.22. The molecule has 2 aromatic carbocycles. The molecule has 1 aliphatic heterocycles. The Morgan fingerprint density at radius 3 is 2.38 bits per heavy atom. The molecule has 0 spiro atoms. The molecule has 1 N–H and O–H groups in total. The van der Waals surface area contributed by atoms with Crippen LogP contribution in [0.3, 0.4) is 0 Å². The molecule has 0 saturated carbocycles. The van der Waals surface area contributed by atoms with Crippen molar-refractivity contribution in [1.29, 1.82) is 0 Å². The number of aryl methyl sites for hydroxylation is 1. The summed E-state index contributed by atoms with van der Waals surface area (Å²) in [5.74, 6) is -0.502. The first-order chi connectivity index (χ1) is 15.4. The molecule has 0 aliphatic carbocycles. The Hall–Kier alpha value is -3.29. The molecule has 1 saturated heterocycles. The largest absolute Gasteiger partial charge is 0.332 e. The smallest absolute Gasteiger partial charge is 0.256 e. The Bertz CT molecular complexity index is 1140. The van der Waals surface area contributed by atoms with Crippen molar-refractivity contribution in [1.82, 2.24) is 9.88 Å². The maximum Gasteiger partial charge on any atom is 0.256 e. The number of anilines is 2. The molecule has 32 heavy (non-hydrogen) atoms. The standard InChI is InChI=1S/C24H21ClN4O2S/c1-16-2-6-19(7-3-16)27-22(30)14-21-23(31)29(20-8-4-18(25)5-9-20)24(32)28(21)15-17-10-12-26-13-11-17/h2-13,21H,14-15H2,1H3,(H,27,30)/t21-/m1/s1. The zero-order chi connectivity index (χ0) is 22.7. The van der Waals surface area contributed by atoms with Gasteiger partial charge in [-0.15, -0.1) is 0 Å². The first-order valence-corrected chi connectivity index (χ1v) is 10.9. The third kappa shape index (κ3) is 4.79. The van der Waals surface area contributed by atoms with E-state index in [4.69, 9.17) is 23.8 Å². The van der Waals surface area contributed by atoms with E-state index in [1.807, 2.05) is 43.3 Å². The zero-order valence-electron chi connectivity index (χ0n) is 17.4. The van der Waals surface area contributed by atoms with Crippen LogP contribution in [0.15, 0.2) is 73.1 Å². The number of carbonyl (C=O) groups is 2. The lowest BCUT2D eigenvalue weighted by Crippen LogP contribution is -2.37. The van der Waals surface area contributed by atoms with Crippen LogP contribution in [0.4, 0.5) is 11.4 Å². The molecular formula is C24H21ClN4O2S. The molecule has 1 aliphatic rings. The van der Waals surface area contributed by atoms with Crippen molar-refractivity contribution in [2.45, 2.75) is 25.9 Å². The van der Waals surface area contributed by atoms with E-state index >= 15 is 0 Å². The maximum absolute atomic E-state index is 13.4. The van der Waals surface area contributed by atoms with Gasteiger partial charge in [-0.3, -0.25) is 19.5 Å². The predicted octanol–water partition coefficient (Wildman–Crippen LogP) is 4.57. The van der Waals surface area contributed by atoms with Crippen LogP contribution in [0, 0.1) is 6.92 Å². The summed E-state index contributed by atoms with van der Waals surface area (Å²) < 4.78 is 0. The van der Waals surface area contributed by atoms with Crippen LogP contribution in [0.1, 0.15) is 17.5 Å². The van der Waals surface area contributed by atoms with Crippen LogP contribution < -0.4 is 10.2 Å². The number of hydrogen-bond donors (Lipinski definition) is 1. The van der Waals surface area contributed by atoms with Gasteiger partial charge >= 0.3 is 0 Å². The molecule has 1 fully saturated rings. The lowest BCUT2D eigenvalue weighted by molar-refractivity contribution is -0.124. The Balaban J connectivity index is 1.59. The van der Waals surface area contributed by atoms with Gasteiger partial charge in [-0.25, -0.2) is 0 Å². The molecule has 0 bridgehead atoms. The van der Waals surface area contributed by atoms with Gasteiger partial charge < -0.3 is 10.2 Å². The number of aromatic nitrogens is 1. The molecule has 4 rings (SSSR count). The summed E-state index contributed by atoms with van der Waals surface area (Å²) in [4.78, 5) is 33.5. The number of thiocarbonyl (C=S) groups is 1. The van der Waals surface area contributed by atoms with E-state index < -0.39 is 6.04 Å². The normalized spacial score (nSPS) is 15.9. The van der Waals surface area contributed by atoms with E-state index in [2.05, 4.69) is 10.3 Å². The third-order valence-corrected chi connectivity index (χ3v) is 5.89. The summed E-state index contributed by atoms with van der Waals surface area (Å²) in [5.41, 5.74) is 3.34. The second-order valence-electron chi connectivity index (χ2n) is 7.55. The fourth-order valence-corrected chi connectivity index (χ4v) is 4.06. The summed E-state index contributed by atoms with van der Waals surface area (Å²) in [7, 11) is 0. The minimum absolute atomic E-state index is 0.0258. The van der Waals surface area contributed by atoms with Gasteiger partial charge in [0.2, 0.25) is 5.91 Å². The SMILES string of the molecule is Cc1ccc(NC(=O)C[C@@H]2C(=O)N(c3ccc(Cl)cc3)C(=S)N2Cc2ccncc2)cc1. The topological polar surface area (TPSA) is 65.5 Å². The Kier molecular flexibility index (Phi) is 6.48. The highest BCUT2D eigenvalue weighted by Gasteiger charge is 2.44. The van der Waals surface area contributed by atoms with Crippen molar-refractivity contribution >= 4 is 52.1 Å². The minimum atomic E-state index is -0.725. The molecule has 6 nitrogen and oxygen atoms in total. The van der Waals surface area contributed by atoms with Crippen molar-refractivity contribution in [3.8, 4) is 0 Å². The highest BCUT2D eigenvalue weighted by Crippen LogP contribution is 2.29. The van der Waals surface area contributed by atoms with Crippen LogP contribution in [-0.2, 0) is 16.1 Å². The summed E-state index contributed by atoms with van der Waals surface area (Å²) in [5, 5.41) is 3.78. The average molecular weight is 465 g/mol. The Morgan fingerprint density at radius 1 is 1.06 bits per heavy atom. The van der Waals surface area contributed by atoms with E-state index in [9.17, 15) is 9.59 Å². The molecule has 162 valence electrons. The van der Waals surface area contributed by atoms with E-state index in [0.717, 1.165) is 11.1 Å². The molecule has 0 radical (unpaired) electrons. The van der Waals surface area contributed by atoms with Gasteiger partial charge in [0.25, 0.3) is 5.91 Å². The fourth-order valence-electron chi connectivity index (χ4n) is 3.55. The van der Waals surface area contributed by atoms with Gasteiger partial charge in [-0.2, -0.15) is 0 Å². The summed E-state index contributed by atoms with van der Waals surface area (Å²) in [6, 6.07) is 17.4. The van der Waals surface area contributed by atoms with E-state index in [1.165, 1.54) is 4.90 Å². The number of halogens is 1. The maximum atomic E-state index is 13.4. The molecule has 1 atom stereocenters. The number of benzene rings is 2. The quantitative estimate of drug-likeness (QED) is 0.541. The molecule has 3 aromatic rings. The number of amides is 2. The molecule has 0 unspecified atom stereocenters. The van der Waals surface area contributed by atoms with Crippen LogP contribution in [0.5, 0.6) is 0 Å². The highest BCUT2D eigenvalue weighted by atomic mass is 35.5. The van der Waals surface area contributed by atoms with Gasteiger partial charge in [0.05, 0.1) is 12.1 Å². The van der Waals surface area contributed by atoms with Gasteiger partial charge in [0, 0.05) is 29.6 Å². The van der Waals surface area contributed by atoms with Crippen molar-refractivity contribution in [3.05, 3.63) is 89.2 Å². The van der Waals surface area contributed by atoms with E-state index in [1.54, 1.807) is 41.6 Å². The number of rotatable bonds is 6. The van der Waals surface area contributed by atoms with Crippen LogP contribution in [-0.4, -0.2) is 32.9 Å². The lowest BCUT2D eigenvalue weighted by atomic mass is 10.1. The fraction of sp³-hybridized carbons (Fsp3) is 0.167. The lowest BCUT2D eigenvalue weighted by Gasteiger charge is -2.24. The molecule has 2 heterocycles. The van der Waals surface area contributed by atoms with Crippen LogP contribution >= 0.6 is 23.8 Å². The molecule has 1 aromatic heterocycles. The van der Waals surface area contributed by atoms with Crippen molar-refractivity contribution < 1.29 is 9.59 Å². The van der Waals surface area contributed by atoms with E-state index in [0.29, 0.717) is 28.1 Å². The number of pyridine rings is 1. The highest BCUT2D eigenvalue weighted by molar-refractivity contribution is 7.80. The number of hydrogen-bond acceptors (Lipinski definition) is 4. The summed E-state index contributed by atoms with van der Waals surface area (Å²) >= 11 is 11.7. The average Bonchev–Trinajstić information content (AvgIpc) is 3.01. The number of nitrogens with zero attached hydrogens (tertiary/aromatic N) is 3. The van der Waals surface area contributed by atoms with Crippen LogP contribution in [0.25, 0.3) is 0 Å².